The Bertz CT molecular complexity index is 734. The van der Waals surface area contributed by atoms with Gasteiger partial charge in [-0.15, -0.1) is 0 Å². The van der Waals surface area contributed by atoms with Gasteiger partial charge in [-0.2, -0.15) is 0 Å². The van der Waals surface area contributed by atoms with E-state index in [0.717, 1.165) is 4.57 Å². The van der Waals surface area contributed by atoms with Gasteiger partial charge in [-0.3, -0.25) is 19.1 Å². The fourth-order valence-corrected chi connectivity index (χ4v) is 1.59. The number of nitrogens with one attached hydrogen (secondary N) is 1. The molecule has 100 valence electrons. The molecule has 2 aromatic rings. The summed E-state index contributed by atoms with van der Waals surface area (Å²) < 4.78 is 0.916. The Morgan fingerprint density at radius 2 is 2.05 bits per heavy atom. The standard InChI is InChI=1S/C10H12N6O3/c11-5(7(12)17)1-4-16-9(18)6-8(15-10(16)19)14-3-2-13-6/h2-3,5H,1,4,11H2,(H2,12,17)(H,14,15,19). The third kappa shape index (κ3) is 2.50. The Hall–Kier alpha value is -2.55. The van der Waals surface area contributed by atoms with E-state index in [0.29, 0.717) is 0 Å². The Morgan fingerprint density at radius 1 is 1.37 bits per heavy atom. The molecule has 0 spiro atoms. The topological polar surface area (TPSA) is 150 Å². The summed E-state index contributed by atoms with van der Waals surface area (Å²) in [4.78, 5) is 44.7. The number of carbonyl (C=O) groups excluding carboxylic acids is 1. The van der Waals surface area contributed by atoms with Crippen molar-refractivity contribution in [3.63, 3.8) is 0 Å². The van der Waals surface area contributed by atoms with Crippen LogP contribution in [0.1, 0.15) is 6.42 Å². The van der Waals surface area contributed by atoms with Crippen LogP contribution in [0.4, 0.5) is 0 Å². The molecule has 0 aliphatic heterocycles. The molecule has 0 radical (unpaired) electrons. The molecule has 2 heterocycles. The highest BCUT2D eigenvalue weighted by atomic mass is 16.2. The zero-order valence-electron chi connectivity index (χ0n) is 9.87. The van der Waals surface area contributed by atoms with Gasteiger partial charge in [0.2, 0.25) is 5.91 Å². The smallest absolute Gasteiger partial charge is 0.330 e. The van der Waals surface area contributed by atoms with E-state index in [1.54, 1.807) is 0 Å². The summed E-state index contributed by atoms with van der Waals surface area (Å²) in [6.07, 6.45) is 2.80. The fourth-order valence-electron chi connectivity index (χ4n) is 1.59. The molecule has 0 saturated heterocycles. The number of primary amides is 1. The number of H-pyrrole nitrogens is 1. The highest BCUT2D eigenvalue weighted by Gasteiger charge is 2.13. The average molecular weight is 264 g/mol. The molecule has 0 aromatic carbocycles. The first-order valence-electron chi connectivity index (χ1n) is 5.49. The van der Waals surface area contributed by atoms with Gasteiger partial charge < -0.3 is 11.5 Å². The molecular weight excluding hydrogens is 252 g/mol. The highest BCUT2D eigenvalue weighted by molar-refractivity contribution is 5.79. The lowest BCUT2D eigenvalue weighted by Gasteiger charge is -2.08. The maximum Gasteiger partial charge on any atom is 0.330 e. The largest absolute Gasteiger partial charge is 0.368 e. The predicted octanol–water partition coefficient (Wildman–Crippen LogP) is -2.32. The van der Waals surface area contributed by atoms with E-state index in [4.69, 9.17) is 11.5 Å². The van der Waals surface area contributed by atoms with Gasteiger partial charge in [-0.05, 0) is 6.42 Å². The zero-order chi connectivity index (χ0) is 14.0. The van der Waals surface area contributed by atoms with Crippen molar-refractivity contribution in [3.05, 3.63) is 33.2 Å². The highest BCUT2D eigenvalue weighted by Crippen LogP contribution is 1.96. The monoisotopic (exact) mass is 264 g/mol. The Labute approximate surface area is 106 Å². The van der Waals surface area contributed by atoms with E-state index < -0.39 is 23.2 Å². The number of hydrogen-bond acceptors (Lipinski definition) is 6. The van der Waals surface area contributed by atoms with Crippen LogP contribution in [-0.4, -0.2) is 31.5 Å². The van der Waals surface area contributed by atoms with Crippen LogP contribution in [0.5, 0.6) is 0 Å². The van der Waals surface area contributed by atoms with Gasteiger partial charge >= 0.3 is 5.69 Å². The lowest BCUT2D eigenvalue weighted by atomic mass is 10.2. The van der Waals surface area contributed by atoms with Crippen molar-refractivity contribution in [1.82, 2.24) is 19.5 Å². The minimum Gasteiger partial charge on any atom is -0.368 e. The Balaban J connectivity index is 2.41. The number of rotatable bonds is 4. The Morgan fingerprint density at radius 3 is 2.74 bits per heavy atom. The molecule has 2 aromatic heterocycles. The maximum atomic E-state index is 12.0. The molecule has 0 aliphatic rings. The van der Waals surface area contributed by atoms with Crippen LogP contribution in [0.2, 0.25) is 0 Å². The number of aromatic nitrogens is 4. The molecule has 1 unspecified atom stereocenters. The molecule has 2 rings (SSSR count). The summed E-state index contributed by atoms with van der Waals surface area (Å²) in [6, 6.07) is -0.913. The van der Waals surface area contributed by atoms with E-state index >= 15 is 0 Å². The summed E-state index contributed by atoms with van der Waals surface area (Å²) in [7, 11) is 0. The van der Waals surface area contributed by atoms with Crippen molar-refractivity contribution in [1.29, 1.82) is 0 Å². The zero-order valence-corrected chi connectivity index (χ0v) is 9.87. The Kier molecular flexibility index (Phi) is 3.38. The van der Waals surface area contributed by atoms with Crippen LogP contribution in [0.25, 0.3) is 11.2 Å². The second kappa shape index (κ2) is 4.98. The van der Waals surface area contributed by atoms with Crippen LogP contribution in [0.3, 0.4) is 0 Å². The van der Waals surface area contributed by atoms with Crippen molar-refractivity contribution >= 4 is 17.1 Å². The van der Waals surface area contributed by atoms with Crippen molar-refractivity contribution in [2.75, 3.05) is 0 Å². The van der Waals surface area contributed by atoms with E-state index in [1.165, 1.54) is 12.4 Å². The number of nitrogens with two attached hydrogens (primary N) is 2. The molecule has 9 nitrogen and oxygen atoms in total. The quantitative estimate of drug-likeness (QED) is 0.564. The predicted molar refractivity (Wildman–Crippen MR) is 66.2 cm³/mol. The van der Waals surface area contributed by atoms with E-state index in [9.17, 15) is 14.4 Å². The van der Waals surface area contributed by atoms with Gasteiger partial charge in [0.05, 0.1) is 6.04 Å². The van der Waals surface area contributed by atoms with Crippen molar-refractivity contribution in [2.45, 2.75) is 19.0 Å². The average Bonchev–Trinajstić information content (AvgIpc) is 2.38. The van der Waals surface area contributed by atoms with Crippen molar-refractivity contribution in [2.24, 2.45) is 11.5 Å². The summed E-state index contributed by atoms with van der Waals surface area (Å²) in [6.45, 7) is -0.0230. The first kappa shape index (κ1) is 12.9. The number of carbonyl (C=O) groups is 1. The van der Waals surface area contributed by atoms with Crippen LogP contribution in [-0.2, 0) is 11.3 Å². The maximum absolute atomic E-state index is 12.0. The third-order valence-corrected chi connectivity index (χ3v) is 2.65. The van der Waals surface area contributed by atoms with Crippen molar-refractivity contribution < 1.29 is 4.79 Å². The van der Waals surface area contributed by atoms with Gasteiger partial charge in [-0.25, -0.2) is 14.8 Å². The van der Waals surface area contributed by atoms with Gasteiger partial charge in [0.15, 0.2) is 11.2 Å². The molecule has 1 atom stereocenters. The normalized spacial score (nSPS) is 12.5. The molecule has 0 fully saturated rings. The first-order chi connectivity index (χ1) is 9.00. The lowest BCUT2D eigenvalue weighted by molar-refractivity contribution is -0.119. The molecule has 1 amide bonds. The molecule has 19 heavy (non-hydrogen) atoms. The summed E-state index contributed by atoms with van der Waals surface area (Å²) in [5, 5.41) is 0. The number of hydrogen-bond donors (Lipinski definition) is 3. The second-order valence-electron chi connectivity index (χ2n) is 3.94. The third-order valence-electron chi connectivity index (χ3n) is 2.65. The van der Waals surface area contributed by atoms with Gasteiger partial charge in [0.1, 0.15) is 0 Å². The van der Waals surface area contributed by atoms with Gasteiger partial charge in [-0.1, -0.05) is 0 Å². The molecule has 0 aliphatic carbocycles. The van der Waals surface area contributed by atoms with Crippen LogP contribution < -0.4 is 22.7 Å². The van der Waals surface area contributed by atoms with Crippen LogP contribution in [0.15, 0.2) is 22.0 Å². The van der Waals surface area contributed by atoms with Crippen LogP contribution >= 0.6 is 0 Å². The second-order valence-corrected chi connectivity index (χ2v) is 3.94. The summed E-state index contributed by atoms with van der Waals surface area (Å²) >= 11 is 0. The van der Waals surface area contributed by atoms with E-state index in [-0.39, 0.29) is 24.1 Å². The van der Waals surface area contributed by atoms with Crippen LogP contribution in [0, 0.1) is 0 Å². The molecule has 5 N–H and O–H groups in total. The van der Waals surface area contributed by atoms with Crippen molar-refractivity contribution in [3.8, 4) is 0 Å². The number of fused-ring (bicyclic) bond motifs is 1. The van der Waals surface area contributed by atoms with Gasteiger partial charge in [0, 0.05) is 18.9 Å². The SMILES string of the molecule is NC(=O)C(N)CCn1c(=O)[nH]c2nccnc2c1=O. The minimum absolute atomic E-state index is 0.0230. The van der Waals surface area contributed by atoms with Gasteiger partial charge in [0.25, 0.3) is 5.56 Å². The number of aromatic amines is 1. The molecular formula is C10H12N6O3. The number of amides is 1. The van der Waals surface area contributed by atoms with E-state index in [1.807, 2.05) is 0 Å². The summed E-state index contributed by atoms with van der Waals surface area (Å²) in [5.41, 5.74) is 9.41. The minimum atomic E-state index is -0.913. The lowest BCUT2D eigenvalue weighted by Crippen LogP contribution is -2.41. The summed E-state index contributed by atoms with van der Waals surface area (Å²) in [5.74, 6) is -0.690. The number of nitrogens with zero attached hydrogens (tertiary/aromatic N) is 3. The fraction of sp³-hybridized carbons (Fsp3) is 0.300. The molecule has 9 heteroatoms. The first-order valence-corrected chi connectivity index (χ1v) is 5.49. The molecule has 0 saturated carbocycles. The van der Waals surface area contributed by atoms with E-state index in [2.05, 4.69) is 15.0 Å². The molecule has 0 bridgehead atoms.